The van der Waals surface area contributed by atoms with Crippen LogP contribution in [0.3, 0.4) is 0 Å². The molecule has 174 valence electrons. The van der Waals surface area contributed by atoms with E-state index in [1.165, 1.54) is 0 Å². The van der Waals surface area contributed by atoms with Gasteiger partial charge in [0.2, 0.25) is 5.69 Å². The van der Waals surface area contributed by atoms with E-state index in [0.29, 0.717) is 30.3 Å². The van der Waals surface area contributed by atoms with Gasteiger partial charge in [0.15, 0.2) is 5.76 Å². The van der Waals surface area contributed by atoms with Crippen LogP contribution in [0, 0.1) is 0 Å². The van der Waals surface area contributed by atoms with Crippen molar-refractivity contribution in [2.45, 2.75) is 33.0 Å². The lowest BCUT2D eigenvalue weighted by Gasteiger charge is -2.19. The summed E-state index contributed by atoms with van der Waals surface area (Å²) in [5.41, 5.74) is 9.15. The van der Waals surface area contributed by atoms with Crippen LogP contribution in [0.1, 0.15) is 46.9 Å². The van der Waals surface area contributed by atoms with E-state index in [4.69, 9.17) is 19.7 Å². The fraction of sp³-hybridized carbons (Fsp3) is 0.185. The van der Waals surface area contributed by atoms with E-state index in [1.807, 2.05) is 80.6 Å². The lowest BCUT2D eigenvalue weighted by atomic mass is 9.97. The molecule has 0 unspecified atom stereocenters. The van der Waals surface area contributed by atoms with Crippen molar-refractivity contribution in [1.29, 1.82) is 0 Å². The monoisotopic (exact) mass is 458 g/mol. The number of benzene rings is 3. The topological polar surface area (TPSA) is 108 Å². The molecule has 0 fully saturated rings. The molecule has 4 aromatic rings. The third kappa shape index (κ3) is 5.04. The SMILES string of the molecule is CC(C)c1cc(-c2onc(C(=O)O)c2N)c(OCc2ccccc2)cc1OCc1ccccc1. The molecule has 0 bridgehead atoms. The van der Waals surface area contributed by atoms with Crippen LogP contribution in [0.25, 0.3) is 11.3 Å². The summed E-state index contributed by atoms with van der Waals surface area (Å²) in [5.74, 6) is 0.122. The summed E-state index contributed by atoms with van der Waals surface area (Å²) in [5, 5.41) is 13.0. The number of rotatable bonds is 9. The van der Waals surface area contributed by atoms with E-state index in [2.05, 4.69) is 5.16 Å². The van der Waals surface area contributed by atoms with E-state index < -0.39 is 5.97 Å². The van der Waals surface area contributed by atoms with Crippen molar-refractivity contribution >= 4 is 11.7 Å². The molecule has 1 aromatic heterocycles. The van der Waals surface area contributed by atoms with Crippen molar-refractivity contribution in [2.24, 2.45) is 0 Å². The Balaban J connectivity index is 1.76. The van der Waals surface area contributed by atoms with E-state index in [9.17, 15) is 9.90 Å². The fourth-order valence-corrected chi connectivity index (χ4v) is 3.57. The molecule has 3 aromatic carbocycles. The Labute approximate surface area is 197 Å². The van der Waals surface area contributed by atoms with Crippen molar-refractivity contribution in [3.63, 3.8) is 0 Å². The first kappa shape index (κ1) is 22.9. The molecule has 0 radical (unpaired) electrons. The van der Waals surface area contributed by atoms with Gasteiger partial charge < -0.3 is 24.8 Å². The summed E-state index contributed by atoms with van der Waals surface area (Å²) in [7, 11) is 0. The first-order valence-electron chi connectivity index (χ1n) is 10.9. The minimum atomic E-state index is -1.26. The first-order chi connectivity index (χ1) is 16.4. The number of nitrogen functional groups attached to an aromatic ring is 1. The Bertz CT molecular complexity index is 1270. The number of carboxylic acid groups (broad SMARTS) is 1. The fourth-order valence-electron chi connectivity index (χ4n) is 3.57. The van der Waals surface area contributed by atoms with Crippen LogP contribution in [-0.4, -0.2) is 16.2 Å². The predicted molar refractivity (Wildman–Crippen MR) is 129 cm³/mol. The van der Waals surface area contributed by atoms with Gasteiger partial charge in [-0.1, -0.05) is 79.7 Å². The zero-order valence-corrected chi connectivity index (χ0v) is 19.0. The molecule has 0 amide bonds. The van der Waals surface area contributed by atoms with Gasteiger partial charge in [-0.05, 0) is 28.7 Å². The molecule has 4 rings (SSSR count). The molecule has 3 N–H and O–H groups in total. The predicted octanol–water partition coefficient (Wildman–Crippen LogP) is 5.90. The maximum Gasteiger partial charge on any atom is 0.360 e. The van der Waals surface area contributed by atoms with Gasteiger partial charge in [0.05, 0.1) is 5.56 Å². The van der Waals surface area contributed by atoms with Crippen LogP contribution >= 0.6 is 0 Å². The Hall–Kier alpha value is -4.26. The number of carbonyl (C=O) groups is 1. The van der Waals surface area contributed by atoms with Gasteiger partial charge in [-0.2, -0.15) is 0 Å². The summed E-state index contributed by atoms with van der Waals surface area (Å²) in [4.78, 5) is 11.5. The van der Waals surface area contributed by atoms with Crippen molar-refractivity contribution in [1.82, 2.24) is 5.16 Å². The molecule has 0 atom stereocenters. The number of nitrogens with two attached hydrogens (primary N) is 1. The van der Waals surface area contributed by atoms with Crippen molar-refractivity contribution < 1.29 is 23.9 Å². The van der Waals surface area contributed by atoms with Crippen LogP contribution in [0.15, 0.2) is 77.3 Å². The molecule has 0 saturated heterocycles. The lowest BCUT2D eigenvalue weighted by molar-refractivity contribution is 0.0687. The van der Waals surface area contributed by atoms with Crippen LogP contribution in [0.2, 0.25) is 0 Å². The van der Waals surface area contributed by atoms with Gasteiger partial charge in [0, 0.05) is 6.07 Å². The quantitative estimate of drug-likeness (QED) is 0.321. The minimum Gasteiger partial charge on any atom is -0.488 e. The second-order valence-corrected chi connectivity index (χ2v) is 8.17. The van der Waals surface area contributed by atoms with Gasteiger partial charge >= 0.3 is 5.97 Å². The highest BCUT2D eigenvalue weighted by Gasteiger charge is 2.25. The summed E-state index contributed by atoms with van der Waals surface area (Å²) >= 11 is 0. The number of aromatic carboxylic acids is 1. The molecule has 0 spiro atoms. The number of hydrogen-bond donors (Lipinski definition) is 2. The Morgan fingerprint density at radius 2 is 1.50 bits per heavy atom. The number of carboxylic acids is 1. The second-order valence-electron chi connectivity index (χ2n) is 8.17. The Morgan fingerprint density at radius 3 is 2.00 bits per heavy atom. The van der Waals surface area contributed by atoms with E-state index >= 15 is 0 Å². The van der Waals surface area contributed by atoms with Crippen LogP contribution in [-0.2, 0) is 13.2 Å². The number of nitrogens with zero attached hydrogens (tertiary/aromatic N) is 1. The Morgan fingerprint density at radius 1 is 0.941 bits per heavy atom. The molecule has 1 heterocycles. The maximum atomic E-state index is 11.5. The molecule has 0 aliphatic heterocycles. The molecule has 7 heteroatoms. The zero-order valence-electron chi connectivity index (χ0n) is 19.0. The van der Waals surface area contributed by atoms with Gasteiger partial charge in [-0.3, -0.25) is 0 Å². The third-order valence-corrected chi connectivity index (χ3v) is 5.38. The smallest absolute Gasteiger partial charge is 0.360 e. The highest BCUT2D eigenvalue weighted by molar-refractivity contribution is 5.95. The van der Waals surface area contributed by atoms with E-state index in [0.717, 1.165) is 16.7 Å². The number of hydrogen-bond acceptors (Lipinski definition) is 6. The lowest BCUT2D eigenvalue weighted by Crippen LogP contribution is -2.04. The van der Waals surface area contributed by atoms with Crippen LogP contribution in [0.4, 0.5) is 5.69 Å². The maximum absolute atomic E-state index is 11.5. The molecular formula is C27H26N2O5. The summed E-state index contributed by atoms with van der Waals surface area (Å²) < 4.78 is 17.7. The van der Waals surface area contributed by atoms with Crippen molar-refractivity contribution in [3.8, 4) is 22.8 Å². The number of aromatic nitrogens is 1. The zero-order chi connectivity index (χ0) is 24.1. The van der Waals surface area contributed by atoms with Crippen LogP contribution < -0.4 is 15.2 Å². The van der Waals surface area contributed by atoms with Crippen molar-refractivity contribution in [2.75, 3.05) is 5.73 Å². The molecule has 34 heavy (non-hydrogen) atoms. The minimum absolute atomic E-state index is 0.0512. The highest BCUT2D eigenvalue weighted by atomic mass is 16.5. The average molecular weight is 459 g/mol. The summed E-state index contributed by atoms with van der Waals surface area (Å²) in [6.45, 7) is 4.79. The van der Waals surface area contributed by atoms with Gasteiger partial charge in [-0.15, -0.1) is 0 Å². The normalized spacial score (nSPS) is 10.9. The molecular weight excluding hydrogens is 432 g/mol. The first-order valence-corrected chi connectivity index (χ1v) is 10.9. The van der Waals surface area contributed by atoms with Crippen LogP contribution in [0.5, 0.6) is 11.5 Å². The second kappa shape index (κ2) is 10.1. The highest BCUT2D eigenvalue weighted by Crippen LogP contribution is 2.42. The molecule has 0 aliphatic carbocycles. The van der Waals surface area contributed by atoms with E-state index in [1.54, 1.807) is 6.07 Å². The largest absolute Gasteiger partial charge is 0.488 e. The molecule has 7 nitrogen and oxygen atoms in total. The standard InChI is InChI=1S/C27H26N2O5/c1-17(2)20-13-21(26-24(28)25(27(30)31)29-34-26)23(33-16-19-11-7-4-8-12-19)14-22(20)32-15-18-9-5-3-6-10-18/h3-14,17H,15-16,28H2,1-2H3,(H,30,31). The third-order valence-electron chi connectivity index (χ3n) is 5.38. The van der Waals surface area contributed by atoms with Gasteiger partial charge in [0.25, 0.3) is 0 Å². The summed E-state index contributed by atoms with van der Waals surface area (Å²) in [6, 6.07) is 23.3. The molecule has 0 saturated carbocycles. The number of anilines is 1. The van der Waals surface area contributed by atoms with Gasteiger partial charge in [0.1, 0.15) is 30.4 Å². The number of ether oxygens (including phenoxy) is 2. The average Bonchev–Trinajstić information content (AvgIpc) is 3.23. The van der Waals surface area contributed by atoms with Gasteiger partial charge in [-0.25, -0.2) is 4.79 Å². The van der Waals surface area contributed by atoms with E-state index in [-0.39, 0.29) is 23.1 Å². The molecule has 0 aliphatic rings. The van der Waals surface area contributed by atoms with Crippen molar-refractivity contribution in [3.05, 3.63) is 95.2 Å². The Kier molecular flexibility index (Phi) is 6.82. The summed E-state index contributed by atoms with van der Waals surface area (Å²) in [6.07, 6.45) is 0.